The number of hydrogen-bond donors (Lipinski definition) is 1. The lowest BCUT2D eigenvalue weighted by atomic mass is 10.1. The van der Waals surface area contributed by atoms with Crippen molar-refractivity contribution >= 4 is 17.0 Å². The van der Waals surface area contributed by atoms with Gasteiger partial charge in [-0.15, -0.1) is 0 Å². The number of hydrogen-bond acceptors (Lipinski definition) is 5. The van der Waals surface area contributed by atoms with Crippen LogP contribution >= 0.6 is 0 Å². The van der Waals surface area contributed by atoms with Gasteiger partial charge in [-0.1, -0.05) is 12.1 Å². The summed E-state index contributed by atoms with van der Waals surface area (Å²) >= 11 is 0. The number of aryl methyl sites for hydroxylation is 1. The van der Waals surface area contributed by atoms with Crippen LogP contribution in [0.3, 0.4) is 0 Å². The minimum Gasteiger partial charge on any atom is -0.481 e. The number of rotatable bonds is 8. The van der Waals surface area contributed by atoms with Gasteiger partial charge in [0, 0.05) is 6.07 Å². The maximum absolute atomic E-state index is 13.9. The van der Waals surface area contributed by atoms with E-state index in [-0.39, 0.29) is 35.3 Å². The molecule has 0 saturated carbocycles. The average Bonchev–Trinajstić information content (AvgIpc) is 3.08. The van der Waals surface area contributed by atoms with E-state index < -0.39 is 12.4 Å². The van der Waals surface area contributed by atoms with Gasteiger partial charge in [0.1, 0.15) is 28.8 Å². The summed E-state index contributed by atoms with van der Waals surface area (Å²) in [5, 5.41) is 8.97. The molecule has 3 aromatic carbocycles. The van der Waals surface area contributed by atoms with E-state index in [4.69, 9.17) is 19.3 Å². The summed E-state index contributed by atoms with van der Waals surface area (Å²) in [6.07, 6.45) is -3.00. The first-order valence-corrected chi connectivity index (χ1v) is 11.0. The number of ether oxygens (including phenoxy) is 3. The van der Waals surface area contributed by atoms with E-state index in [2.05, 4.69) is 9.55 Å². The molecule has 4 aromatic rings. The van der Waals surface area contributed by atoms with Crippen molar-refractivity contribution in [1.29, 1.82) is 0 Å². The third-order valence-electron chi connectivity index (χ3n) is 5.76. The quantitative estimate of drug-likeness (QED) is 0.330. The molecule has 0 spiro atoms. The normalized spacial score (nSPS) is 13.7. The van der Waals surface area contributed by atoms with E-state index in [0.29, 0.717) is 24.5 Å². The molecular formula is C26H22F2N2O5. The second-order valence-corrected chi connectivity index (χ2v) is 8.29. The molecule has 0 unspecified atom stereocenters. The largest absolute Gasteiger partial charge is 0.481 e. The lowest BCUT2D eigenvalue weighted by molar-refractivity contribution is -0.136. The van der Waals surface area contributed by atoms with Gasteiger partial charge in [0.05, 0.1) is 42.3 Å². The molecule has 1 saturated heterocycles. The standard InChI is InChI=1S/C26H22F2N2O5/c1-15-29-22-7-5-20(12-23(22)30(15)17-13-33-14-17)34-19-6-8-24(21(11-19)26(27)28)35-18-4-2-3-16(9-18)10-25(31)32/h2-9,11-12,17,26H,10,13-14H2,1H3,(H,31,32). The SMILES string of the molecule is Cc1nc2ccc(Oc3ccc(Oc4cccc(CC(=O)O)c4)c(C(F)F)c3)cc2n1C1COC1. The first kappa shape index (κ1) is 22.8. The van der Waals surface area contributed by atoms with Gasteiger partial charge in [0.2, 0.25) is 0 Å². The summed E-state index contributed by atoms with van der Waals surface area (Å²) in [4.78, 5) is 15.5. The van der Waals surface area contributed by atoms with Gasteiger partial charge in [0.25, 0.3) is 6.43 Å². The highest BCUT2D eigenvalue weighted by Gasteiger charge is 2.24. The zero-order valence-electron chi connectivity index (χ0n) is 18.8. The molecule has 1 N–H and O–H groups in total. The van der Waals surface area contributed by atoms with Crippen LogP contribution in [-0.4, -0.2) is 33.8 Å². The summed E-state index contributed by atoms with van der Waals surface area (Å²) < 4.78 is 46.7. The number of fused-ring (bicyclic) bond motifs is 1. The molecular weight excluding hydrogens is 458 g/mol. The number of nitrogens with zero attached hydrogens (tertiary/aromatic N) is 2. The molecule has 7 nitrogen and oxygen atoms in total. The van der Waals surface area contributed by atoms with Crippen LogP contribution in [0.5, 0.6) is 23.0 Å². The summed E-state index contributed by atoms with van der Waals surface area (Å²) in [7, 11) is 0. The van der Waals surface area contributed by atoms with Crippen molar-refractivity contribution in [2.75, 3.05) is 13.2 Å². The Kier molecular flexibility index (Phi) is 6.08. The number of alkyl halides is 2. The Morgan fingerprint density at radius 1 is 1.09 bits per heavy atom. The zero-order valence-corrected chi connectivity index (χ0v) is 18.8. The number of carboxylic acid groups (broad SMARTS) is 1. The van der Waals surface area contributed by atoms with Crippen LogP contribution in [0, 0.1) is 6.92 Å². The Hall–Kier alpha value is -3.98. The predicted octanol–water partition coefficient (Wildman–Crippen LogP) is 6.07. The third kappa shape index (κ3) is 4.81. The molecule has 9 heteroatoms. The molecule has 180 valence electrons. The third-order valence-corrected chi connectivity index (χ3v) is 5.76. The first-order chi connectivity index (χ1) is 16.9. The average molecular weight is 480 g/mol. The molecule has 0 bridgehead atoms. The second kappa shape index (κ2) is 9.34. The first-order valence-electron chi connectivity index (χ1n) is 11.0. The molecule has 0 atom stereocenters. The number of aromatic nitrogens is 2. The minimum atomic E-state index is -2.80. The Balaban J connectivity index is 1.40. The maximum Gasteiger partial charge on any atom is 0.307 e. The van der Waals surface area contributed by atoms with Gasteiger partial charge in [-0.05, 0) is 55.0 Å². The van der Waals surface area contributed by atoms with E-state index in [1.807, 2.05) is 19.1 Å². The Morgan fingerprint density at radius 2 is 1.83 bits per heavy atom. The van der Waals surface area contributed by atoms with Crippen LogP contribution in [0.4, 0.5) is 8.78 Å². The van der Waals surface area contributed by atoms with Crippen LogP contribution < -0.4 is 9.47 Å². The number of halogens is 2. The highest BCUT2D eigenvalue weighted by Crippen LogP contribution is 2.37. The van der Waals surface area contributed by atoms with Gasteiger partial charge in [-0.2, -0.15) is 0 Å². The molecule has 1 aromatic heterocycles. The molecule has 5 rings (SSSR count). The molecule has 35 heavy (non-hydrogen) atoms. The minimum absolute atomic E-state index is 0.0334. The summed E-state index contributed by atoms with van der Waals surface area (Å²) in [5.41, 5.74) is 1.89. The van der Waals surface area contributed by atoms with Gasteiger partial charge in [0.15, 0.2) is 0 Å². The fraction of sp³-hybridized carbons (Fsp3) is 0.231. The van der Waals surface area contributed by atoms with Crippen molar-refractivity contribution < 1.29 is 32.9 Å². The lowest BCUT2D eigenvalue weighted by Gasteiger charge is -2.28. The molecule has 1 fully saturated rings. The number of aliphatic carboxylic acids is 1. The Morgan fingerprint density at radius 3 is 2.54 bits per heavy atom. The highest BCUT2D eigenvalue weighted by atomic mass is 19.3. The van der Waals surface area contributed by atoms with Crippen molar-refractivity contribution in [2.45, 2.75) is 25.8 Å². The van der Waals surface area contributed by atoms with E-state index in [0.717, 1.165) is 16.9 Å². The second-order valence-electron chi connectivity index (χ2n) is 8.29. The topological polar surface area (TPSA) is 82.8 Å². The molecule has 0 aliphatic carbocycles. The Bertz CT molecular complexity index is 1400. The number of carboxylic acids is 1. The molecule has 1 aliphatic rings. The van der Waals surface area contributed by atoms with Crippen LogP contribution in [0.2, 0.25) is 0 Å². The summed E-state index contributed by atoms with van der Waals surface area (Å²) in [6, 6.07) is 16.2. The van der Waals surface area contributed by atoms with E-state index in [9.17, 15) is 13.6 Å². The van der Waals surface area contributed by atoms with Crippen LogP contribution in [-0.2, 0) is 16.0 Å². The molecule has 0 amide bonds. The van der Waals surface area contributed by atoms with Crippen molar-refractivity contribution in [2.24, 2.45) is 0 Å². The monoisotopic (exact) mass is 480 g/mol. The van der Waals surface area contributed by atoms with E-state index in [1.165, 1.54) is 18.2 Å². The van der Waals surface area contributed by atoms with E-state index in [1.54, 1.807) is 30.3 Å². The highest BCUT2D eigenvalue weighted by molar-refractivity contribution is 5.78. The van der Waals surface area contributed by atoms with Gasteiger partial charge < -0.3 is 23.9 Å². The van der Waals surface area contributed by atoms with Crippen LogP contribution in [0.25, 0.3) is 11.0 Å². The lowest BCUT2D eigenvalue weighted by Crippen LogP contribution is -2.31. The van der Waals surface area contributed by atoms with Crippen LogP contribution in [0.15, 0.2) is 60.7 Å². The molecule has 1 aliphatic heterocycles. The van der Waals surface area contributed by atoms with Crippen molar-refractivity contribution in [3.63, 3.8) is 0 Å². The molecule has 2 heterocycles. The molecule has 0 radical (unpaired) electrons. The Labute approximate surface area is 199 Å². The van der Waals surface area contributed by atoms with Crippen LogP contribution in [0.1, 0.15) is 29.4 Å². The smallest absolute Gasteiger partial charge is 0.307 e. The van der Waals surface area contributed by atoms with Gasteiger partial charge in [-0.3, -0.25) is 4.79 Å². The predicted molar refractivity (Wildman–Crippen MR) is 124 cm³/mol. The van der Waals surface area contributed by atoms with Crippen molar-refractivity contribution in [1.82, 2.24) is 9.55 Å². The van der Waals surface area contributed by atoms with Crippen molar-refractivity contribution in [3.8, 4) is 23.0 Å². The zero-order chi connectivity index (χ0) is 24.5. The number of benzene rings is 3. The fourth-order valence-electron chi connectivity index (χ4n) is 4.10. The number of imidazole rings is 1. The van der Waals surface area contributed by atoms with E-state index >= 15 is 0 Å². The maximum atomic E-state index is 13.9. The van der Waals surface area contributed by atoms with Gasteiger partial charge >= 0.3 is 5.97 Å². The summed E-state index contributed by atoms with van der Waals surface area (Å²) in [5.74, 6) is 0.853. The fourth-order valence-corrected chi connectivity index (χ4v) is 4.10. The van der Waals surface area contributed by atoms with Crippen molar-refractivity contribution in [3.05, 3.63) is 77.6 Å². The number of carbonyl (C=O) groups is 1. The summed E-state index contributed by atoms with van der Waals surface area (Å²) in [6.45, 7) is 3.18. The van der Waals surface area contributed by atoms with Gasteiger partial charge in [-0.25, -0.2) is 13.8 Å².